The molecule has 102 valence electrons. The molecule has 0 heterocycles. The lowest BCUT2D eigenvalue weighted by Gasteiger charge is -2.12. The number of sulfone groups is 1. The molecule has 0 saturated heterocycles. The zero-order valence-electron chi connectivity index (χ0n) is 9.82. The van der Waals surface area contributed by atoms with Gasteiger partial charge in [0.25, 0.3) is 0 Å². The highest BCUT2D eigenvalue weighted by atomic mass is 35.5. The first kappa shape index (κ1) is 15.6. The van der Waals surface area contributed by atoms with Crippen LogP contribution in [0.3, 0.4) is 0 Å². The van der Waals surface area contributed by atoms with Crippen LogP contribution in [0.1, 0.15) is 12.0 Å². The molecule has 0 spiro atoms. The Kier molecular flexibility index (Phi) is 5.72. The first-order chi connectivity index (χ1) is 8.33. The van der Waals surface area contributed by atoms with Gasteiger partial charge in [0.2, 0.25) is 0 Å². The summed E-state index contributed by atoms with van der Waals surface area (Å²) in [6.45, 7) is -0.0386. The molecule has 0 amide bonds. The van der Waals surface area contributed by atoms with E-state index in [1.165, 1.54) is 12.3 Å². The maximum absolute atomic E-state index is 10.9. The first-order valence-corrected chi connectivity index (χ1v) is 8.04. The second-order valence-electron chi connectivity index (χ2n) is 3.87. The zero-order chi connectivity index (χ0) is 13.8. The monoisotopic (exact) mass is 312 g/mol. The second kappa shape index (κ2) is 6.61. The summed E-state index contributed by atoms with van der Waals surface area (Å²) in [6, 6.07) is 3.06. The number of aliphatic hydroxyl groups excluding tert-OH is 1. The van der Waals surface area contributed by atoms with Gasteiger partial charge in [-0.25, -0.2) is 8.42 Å². The zero-order valence-corrected chi connectivity index (χ0v) is 12.1. The highest BCUT2D eigenvalue weighted by Gasteiger charge is 2.10. The van der Waals surface area contributed by atoms with Gasteiger partial charge in [0, 0.05) is 16.8 Å². The molecule has 0 aliphatic carbocycles. The lowest BCUT2D eigenvalue weighted by atomic mass is 10.2. The number of rotatable bonds is 6. The smallest absolute Gasteiger partial charge is 0.147 e. The van der Waals surface area contributed by atoms with Gasteiger partial charge in [-0.15, -0.1) is 0 Å². The van der Waals surface area contributed by atoms with Gasteiger partial charge in [0.1, 0.15) is 15.6 Å². The average molecular weight is 313 g/mol. The Morgan fingerprint density at radius 3 is 2.56 bits per heavy atom. The maximum Gasteiger partial charge on any atom is 0.147 e. The van der Waals surface area contributed by atoms with Crippen LogP contribution in [-0.4, -0.2) is 32.1 Å². The molecular formula is C11H14Cl2O4S. The highest BCUT2D eigenvalue weighted by Crippen LogP contribution is 2.32. The van der Waals surface area contributed by atoms with Gasteiger partial charge >= 0.3 is 0 Å². The van der Waals surface area contributed by atoms with Crippen LogP contribution in [0.5, 0.6) is 5.75 Å². The quantitative estimate of drug-likeness (QED) is 0.819. The van der Waals surface area contributed by atoms with Crippen molar-refractivity contribution in [3.8, 4) is 5.75 Å². The predicted molar refractivity (Wildman–Crippen MR) is 72.2 cm³/mol. The van der Waals surface area contributed by atoms with Crippen molar-refractivity contribution in [2.45, 2.75) is 13.0 Å². The molecule has 0 unspecified atom stereocenters. The minimum Gasteiger partial charge on any atom is -0.492 e. The van der Waals surface area contributed by atoms with E-state index in [1.54, 1.807) is 6.07 Å². The van der Waals surface area contributed by atoms with Gasteiger partial charge in [-0.3, -0.25) is 0 Å². The molecule has 7 heteroatoms. The Morgan fingerprint density at radius 2 is 2.00 bits per heavy atom. The fourth-order valence-electron chi connectivity index (χ4n) is 1.39. The minimum atomic E-state index is -2.99. The molecule has 0 saturated carbocycles. The van der Waals surface area contributed by atoms with Crippen LogP contribution in [0.4, 0.5) is 0 Å². The third-order valence-corrected chi connectivity index (χ3v) is 3.69. The van der Waals surface area contributed by atoms with Crippen molar-refractivity contribution in [3.63, 3.8) is 0 Å². The Morgan fingerprint density at radius 1 is 1.33 bits per heavy atom. The molecule has 1 aromatic carbocycles. The summed E-state index contributed by atoms with van der Waals surface area (Å²) < 4.78 is 27.3. The van der Waals surface area contributed by atoms with Crippen molar-refractivity contribution in [3.05, 3.63) is 27.7 Å². The van der Waals surface area contributed by atoms with E-state index >= 15 is 0 Å². The van der Waals surface area contributed by atoms with Gasteiger partial charge in [0.15, 0.2) is 0 Å². The van der Waals surface area contributed by atoms with Gasteiger partial charge < -0.3 is 9.84 Å². The van der Waals surface area contributed by atoms with Crippen LogP contribution in [0.25, 0.3) is 0 Å². The van der Waals surface area contributed by atoms with Crippen LogP contribution in [0, 0.1) is 0 Å². The number of halogens is 2. The molecule has 0 fully saturated rings. The molecule has 0 radical (unpaired) electrons. The Labute approximate surface area is 116 Å². The van der Waals surface area contributed by atoms with Crippen LogP contribution >= 0.6 is 23.2 Å². The van der Waals surface area contributed by atoms with E-state index in [-0.39, 0.29) is 19.0 Å². The fraction of sp³-hybridized carbons (Fsp3) is 0.455. The molecular weight excluding hydrogens is 299 g/mol. The maximum atomic E-state index is 10.9. The fourth-order valence-corrected chi connectivity index (χ4v) is 2.62. The number of hydrogen-bond acceptors (Lipinski definition) is 4. The van der Waals surface area contributed by atoms with Gasteiger partial charge in [-0.2, -0.15) is 0 Å². The van der Waals surface area contributed by atoms with E-state index in [0.717, 1.165) is 0 Å². The van der Waals surface area contributed by atoms with Crippen LogP contribution in [0.2, 0.25) is 10.0 Å². The summed E-state index contributed by atoms with van der Waals surface area (Å²) in [7, 11) is -2.99. The lowest BCUT2D eigenvalue weighted by molar-refractivity contribution is 0.263. The molecule has 0 atom stereocenters. The normalized spacial score (nSPS) is 11.6. The Bertz CT molecular complexity index is 514. The third kappa shape index (κ3) is 5.02. The predicted octanol–water partition coefficient (Wildman–Crippen LogP) is 2.30. The molecule has 18 heavy (non-hydrogen) atoms. The highest BCUT2D eigenvalue weighted by molar-refractivity contribution is 7.90. The van der Waals surface area contributed by atoms with Crippen molar-refractivity contribution in [1.82, 2.24) is 0 Å². The molecule has 4 nitrogen and oxygen atoms in total. The lowest BCUT2D eigenvalue weighted by Crippen LogP contribution is -2.09. The second-order valence-corrected chi connectivity index (χ2v) is 6.97. The average Bonchev–Trinajstić information content (AvgIpc) is 2.24. The number of aliphatic hydroxyl groups is 1. The number of hydrogen-bond donors (Lipinski definition) is 1. The van der Waals surface area contributed by atoms with Gasteiger partial charge in [0.05, 0.1) is 24.0 Å². The largest absolute Gasteiger partial charge is 0.492 e. The Hall–Kier alpha value is -0.490. The van der Waals surface area contributed by atoms with E-state index in [9.17, 15) is 8.42 Å². The summed E-state index contributed by atoms with van der Waals surface area (Å²) in [6.07, 6.45) is 1.53. The first-order valence-electron chi connectivity index (χ1n) is 5.23. The van der Waals surface area contributed by atoms with Crippen LogP contribution in [-0.2, 0) is 16.4 Å². The Balaban J connectivity index is 2.67. The summed E-state index contributed by atoms with van der Waals surface area (Å²) in [5.74, 6) is 0.393. The molecule has 1 aromatic rings. The number of benzene rings is 1. The van der Waals surface area contributed by atoms with E-state index in [4.69, 9.17) is 33.0 Å². The van der Waals surface area contributed by atoms with Crippen LogP contribution in [0.15, 0.2) is 12.1 Å². The van der Waals surface area contributed by atoms with Crippen LogP contribution < -0.4 is 4.74 Å². The summed E-state index contributed by atoms with van der Waals surface area (Å²) >= 11 is 11.7. The van der Waals surface area contributed by atoms with Crippen molar-refractivity contribution in [2.24, 2.45) is 0 Å². The number of ether oxygens (including phenoxy) is 1. The molecule has 0 aromatic heterocycles. The molecule has 0 aliphatic rings. The molecule has 0 bridgehead atoms. The minimum absolute atomic E-state index is 0.0483. The standard InChI is InChI=1S/C11H14Cl2O4S/c1-18(15,16)4-2-3-17-11-8(7-14)5-9(12)6-10(11)13/h5-6,14H,2-4,7H2,1H3. The third-order valence-electron chi connectivity index (χ3n) is 2.16. The molecule has 1 N–H and O–H groups in total. The van der Waals surface area contributed by atoms with Gasteiger partial charge in [-0.1, -0.05) is 23.2 Å². The SMILES string of the molecule is CS(=O)(=O)CCCOc1c(Cl)cc(Cl)cc1CO. The van der Waals surface area contributed by atoms with Crippen molar-refractivity contribution < 1.29 is 18.3 Å². The van der Waals surface area contributed by atoms with Crippen molar-refractivity contribution >= 4 is 33.0 Å². The van der Waals surface area contributed by atoms with E-state index in [2.05, 4.69) is 0 Å². The van der Waals surface area contributed by atoms with Crippen molar-refractivity contribution in [2.75, 3.05) is 18.6 Å². The molecule has 0 aliphatic heterocycles. The van der Waals surface area contributed by atoms with E-state index in [1.807, 2.05) is 0 Å². The van der Waals surface area contributed by atoms with E-state index in [0.29, 0.717) is 27.8 Å². The van der Waals surface area contributed by atoms with Gasteiger partial charge in [-0.05, 0) is 18.6 Å². The summed E-state index contributed by atoms with van der Waals surface area (Å²) in [4.78, 5) is 0. The van der Waals surface area contributed by atoms with Crippen molar-refractivity contribution in [1.29, 1.82) is 0 Å². The topological polar surface area (TPSA) is 63.6 Å². The summed E-state index contributed by atoms with van der Waals surface area (Å²) in [5, 5.41) is 9.87. The molecule has 1 rings (SSSR count). The van der Waals surface area contributed by atoms with E-state index < -0.39 is 9.84 Å². The summed E-state index contributed by atoms with van der Waals surface area (Å²) in [5.41, 5.74) is 0.479.